The maximum Gasteiger partial charge on any atom is 0.258 e. The molecule has 1 saturated heterocycles. The molecule has 0 spiro atoms. The third-order valence-electron chi connectivity index (χ3n) is 3.65. The molecule has 1 aromatic rings. The summed E-state index contributed by atoms with van der Waals surface area (Å²) in [5.41, 5.74) is 2.27. The molecule has 1 heterocycles. The van der Waals surface area contributed by atoms with Crippen LogP contribution >= 0.6 is 0 Å². The molecule has 1 aliphatic heterocycles. The average Bonchev–Trinajstić information content (AvgIpc) is 2.82. The molecule has 0 radical (unpaired) electrons. The van der Waals surface area contributed by atoms with Crippen molar-refractivity contribution in [3.05, 3.63) is 28.8 Å². The monoisotopic (exact) mass is 293 g/mol. The number of aliphatic hydroxyl groups is 1. The number of rotatable bonds is 5. The van der Waals surface area contributed by atoms with E-state index < -0.39 is 5.60 Å². The summed E-state index contributed by atoms with van der Waals surface area (Å²) < 4.78 is 10.7. The van der Waals surface area contributed by atoms with Gasteiger partial charge in [0.2, 0.25) is 0 Å². The van der Waals surface area contributed by atoms with Crippen LogP contribution in [0.2, 0.25) is 0 Å². The molecule has 1 amide bonds. The van der Waals surface area contributed by atoms with E-state index in [1.54, 1.807) is 0 Å². The highest BCUT2D eigenvalue weighted by Gasteiger charge is 2.32. The van der Waals surface area contributed by atoms with Gasteiger partial charge in [-0.05, 0) is 31.9 Å². The molecule has 5 nitrogen and oxygen atoms in total. The summed E-state index contributed by atoms with van der Waals surface area (Å²) in [6, 6.07) is 4.05. The molecule has 1 aromatic carbocycles. The van der Waals surface area contributed by atoms with Crippen molar-refractivity contribution >= 4 is 5.91 Å². The number of amides is 1. The first-order valence-electron chi connectivity index (χ1n) is 7.17. The Morgan fingerprint density at radius 2 is 2.05 bits per heavy atom. The Balaban J connectivity index is 1.84. The van der Waals surface area contributed by atoms with Gasteiger partial charge in [-0.15, -0.1) is 0 Å². The van der Waals surface area contributed by atoms with Crippen LogP contribution in [0.25, 0.3) is 0 Å². The molecule has 0 aromatic heterocycles. The highest BCUT2D eigenvalue weighted by atomic mass is 16.5. The quantitative estimate of drug-likeness (QED) is 0.857. The van der Waals surface area contributed by atoms with Crippen LogP contribution in [0.15, 0.2) is 12.1 Å². The summed E-state index contributed by atoms with van der Waals surface area (Å²) in [7, 11) is 0. The Hall–Kier alpha value is -1.59. The second-order valence-electron chi connectivity index (χ2n) is 5.82. The molecule has 1 fully saturated rings. The fourth-order valence-corrected chi connectivity index (χ4v) is 2.58. The normalized spacial score (nSPS) is 21.3. The summed E-state index contributed by atoms with van der Waals surface area (Å²) in [4.78, 5) is 11.8. The molecule has 2 rings (SSSR count). The number of carbonyl (C=O) groups is 1. The Kier molecular flexibility index (Phi) is 4.85. The second kappa shape index (κ2) is 6.45. The minimum absolute atomic E-state index is 0.0539. The van der Waals surface area contributed by atoms with Gasteiger partial charge < -0.3 is 19.9 Å². The molecule has 5 heteroatoms. The summed E-state index contributed by atoms with van der Waals surface area (Å²) in [5.74, 6) is 0.508. The molecule has 0 aliphatic carbocycles. The molecule has 1 aliphatic rings. The van der Waals surface area contributed by atoms with Gasteiger partial charge in [-0.25, -0.2) is 0 Å². The van der Waals surface area contributed by atoms with E-state index >= 15 is 0 Å². The lowest BCUT2D eigenvalue weighted by atomic mass is 10.0. The molecule has 2 N–H and O–H groups in total. The number of benzene rings is 1. The number of hydrogen-bond acceptors (Lipinski definition) is 4. The first kappa shape index (κ1) is 15.8. The van der Waals surface area contributed by atoms with E-state index in [0.717, 1.165) is 16.9 Å². The molecule has 21 heavy (non-hydrogen) atoms. The highest BCUT2D eigenvalue weighted by Crippen LogP contribution is 2.24. The van der Waals surface area contributed by atoms with Gasteiger partial charge in [0.1, 0.15) is 11.4 Å². The van der Waals surface area contributed by atoms with Crippen LogP contribution in [0.4, 0.5) is 0 Å². The predicted molar refractivity (Wildman–Crippen MR) is 79.5 cm³/mol. The highest BCUT2D eigenvalue weighted by molar-refractivity contribution is 5.77. The molecule has 1 atom stereocenters. The molecule has 0 bridgehead atoms. The zero-order valence-corrected chi connectivity index (χ0v) is 12.9. The van der Waals surface area contributed by atoms with Gasteiger partial charge in [0.25, 0.3) is 5.91 Å². The second-order valence-corrected chi connectivity index (χ2v) is 5.82. The van der Waals surface area contributed by atoms with Gasteiger partial charge in [-0.3, -0.25) is 4.79 Å². The number of nitrogens with one attached hydrogen (secondary N) is 1. The third kappa shape index (κ3) is 4.19. The lowest BCUT2D eigenvalue weighted by Crippen LogP contribution is -2.44. The minimum atomic E-state index is -0.939. The van der Waals surface area contributed by atoms with Crippen molar-refractivity contribution in [1.29, 1.82) is 0 Å². The SMILES string of the molecule is Cc1cc(C)c(OCC(=O)NCC2(O)CCOC2)c(C)c1. The van der Waals surface area contributed by atoms with Gasteiger partial charge in [-0.2, -0.15) is 0 Å². The van der Waals surface area contributed by atoms with Crippen LogP contribution in [-0.2, 0) is 9.53 Å². The van der Waals surface area contributed by atoms with E-state index in [2.05, 4.69) is 5.32 Å². The lowest BCUT2D eigenvalue weighted by Gasteiger charge is -2.20. The predicted octanol–water partition coefficient (Wildman–Crippen LogP) is 1.26. The smallest absolute Gasteiger partial charge is 0.258 e. The average molecular weight is 293 g/mol. The van der Waals surface area contributed by atoms with Crippen molar-refractivity contribution in [3.8, 4) is 5.75 Å². The lowest BCUT2D eigenvalue weighted by molar-refractivity contribution is -0.124. The van der Waals surface area contributed by atoms with Crippen LogP contribution in [0.1, 0.15) is 23.1 Å². The van der Waals surface area contributed by atoms with Crippen LogP contribution in [0.5, 0.6) is 5.75 Å². The molecule has 116 valence electrons. The summed E-state index contributed by atoms with van der Waals surface area (Å²) in [5, 5.41) is 12.8. The van der Waals surface area contributed by atoms with Gasteiger partial charge in [0.05, 0.1) is 6.61 Å². The largest absolute Gasteiger partial charge is 0.483 e. The summed E-state index contributed by atoms with van der Waals surface area (Å²) in [6.45, 7) is 6.90. The maximum absolute atomic E-state index is 11.8. The van der Waals surface area contributed by atoms with Crippen molar-refractivity contribution in [3.63, 3.8) is 0 Å². The Labute approximate surface area is 125 Å². The minimum Gasteiger partial charge on any atom is -0.483 e. The van der Waals surface area contributed by atoms with E-state index in [9.17, 15) is 9.90 Å². The van der Waals surface area contributed by atoms with Crippen molar-refractivity contribution in [2.24, 2.45) is 0 Å². The first-order chi connectivity index (χ1) is 9.89. The van der Waals surface area contributed by atoms with Gasteiger partial charge in [0, 0.05) is 19.6 Å². The van der Waals surface area contributed by atoms with E-state index in [4.69, 9.17) is 9.47 Å². The fourth-order valence-electron chi connectivity index (χ4n) is 2.58. The number of ether oxygens (including phenoxy) is 2. The van der Waals surface area contributed by atoms with Gasteiger partial charge in [-0.1, -0.05) is 17.7 Å². The van der Waals surface area contributed by atoms with E-state index in [1.807, 2.05) is 32.9 Å². The maximum atomic E-state index is 11.8. The number of hydrogen-bond donors (Lipinski definition) is 2. The molecule has 1 unspecified atom stereocenters. The summed E-state index contributed by atoms with van der Waals surface area (Å²) >= 11 is 0. The zero-order chi connectivity index (χ0) is 15.5. The number of aryl methyl sites for hydroxylation is 3. The van der Waals surface area contributed by atoms with Crippen LogP contribution in [0.3, 0.4) is 0 Å². The topological polar surface area (TPSA) is 67.8 Å². The Morgan fingerprint density at radius 1 is 1.38 bits per heavy atom. The first-order valence-corrected chi connectivity index (χ1v) is 7.17. The molecular weight excluding hydrogens is 270 g/mol. The van der Waals surface area contributed by atoms with Crippen molar-refractivity contribution < 1.29 is 19.4 Å². The Morgan fingerprint density at radius 3 is 2.62 bits per heavy atom. The fraction of sp³-hybridized carbons (Fsp3) is 0.562. The number of carbonyl (C=O) groups excluding carboxylic acids is 1. The Bertz CT molecular complexity index is 498. The van der Waals surface area contributed by atoms with Crippen molar-refractivity contribution in [2.75, 3.05) is 26.4 Å². The van der Waals surface area contributed by atoms with Crippen LogP contribution in [0, 0.1) is 20.8 Å². The standard InChI is InChI=1S/C16H23NO4/c1-11-6-12(2)15(13(3)7-11)21-8-14(18)17-9-16(19)4-5-20-10-16/h6-7,19H,4-5,8-10H2,1-3H3,(H,17,18). The zero-order valence-electron chi connectivity index (χ0n) is 12.9. The molecule has 0 saturated carbocycles. The van der Waals surface area contributed by atoms with E-state index in [1.165, 1.54) is 5.56 Å². The van der Waals surface area contributed by atoms with E-state index in [-0.39, 0.29) is 25.7 Å². The van der Waals surface area contributed by atoms with Gasteiger partial charge >= 0.3 is 0 Å². The van der Waals surface area contributed by atoms with Crippen molar-refractivity contribution in [1.82, 2.24) is 5.32 Å². The van der Waals surface area contributed by atoms with Crippen molar-refractivity contribution in [2.45, 2.75) is 32.8 Å². The molecular formula is C16H23NO4. The summed E-state index contributed by atoms with van der Waals surface area (Å²) in [6.07, 6.45) is 0.546. The van der Waals surface area contributed by atoms with E-state index in [0.29, 0.717) is 13.0 Å². The van der Waals surface area contributed by atoms with Gasteiger partial charge in [0.15, 0.2) is 6.61 Å². The van der Waals surface area contributed by atoms with Crippen LogP contribution < -0.4 is 10.1 Å². The van der Waals surface area contributed by atoms with Crippen LogP contribution in [-0.4, -0.2) is 43.0 Å². The third-order valence-corrected chi connectivity index (χ3v) is 3.65.